The molecule has 1 aromatic heterocycles. The molecule has 1 amide bonds. The Morgan fingerprint density at radius 2 is 1.73 bits per heavy atom. The minimum atomic E-state index is -4.95. The van der Waals surface area contributed by atoms with E-state index >= 15 is 0 Å². The number of nitrogens with zero attached hydrogens (tertiary/aromatic N) is 1. The smallest absolute Gasteiger partial charge is 0.416 e. The number of hydrogen-bond donors (Lipinski definition) is 2. The summed E-state index contributed by atoms with van der Waals surface area (Å²) in [6.07, 6.45) is -5.15. The maximum Gasteiger partial charge on any atom is 0.416 e. The number of hydrogen-bond acceptors (Lipinski definition) is 4. The third-order valence-corrected chi connectivity index (χ3v) is 5.47. The SMILES string of the molecule is COc1cc(NC(C)CCCNC(=O)/C=C/c2cc(C(F)(F)F)cc(C(F)(F)F)c2)c2ncccc2c1. The first kappa shape index (κ1) is 27.8. The van der Waals surface area contributed by atoms with Crippen LogP contribution in [0.5, 0.6) is 5.75 Å². The van der Waals surface area contributed by atoms with Crippen LogP contribution in [0, 0.1) is 0 Å². The number of carbonyl (C=O) groups excluding carboxylic acids is 1. The first-order valence-corrected chi connectivity index (χ1v) is 11.3. The molecule has 1 atom stereocenters. The molecule has 11 heteroatoms. The Bertz CT molecular complexity index is 1240. The van der Waals surface area contributed by atoms with Gasteiger partial charge in [0.25, 0.3) is 0 Å². The van der Waals surface area contributed by atoms with E-state index in [-0.39, 0.29) is 24.2 Å². The molecule has 0 aliphatic carbocycles. The van der Waals surface area contributed by atoms with Crippen LogP contribution in [-0.4, -0.2) is 30.6 Å². The van der Waals surface area contributed by atoms with Crippen LogP contribution in [0.25, 0.3) is 17.0 Å². The predicted octanol–water partition coefficient (Wildman–Crippen LogP) is 6.69. The molecule has 37 heavy (non-hydrogen) atoms. The Hall–Kier alpha value is -3.76. The van der Waals surface area contributed by atoms with E-state index in [9.17, 15) is 31.1 Å². The number of amides is 1. The number of anilines is 1. The van der Waals surface area contributed by atoms with Gasteiger partial charge >= 0.3 is 12.4 Å². The zero-order chi connectivity index (χ0) is 27.2. The summed E-state index contributed by atoms with van der Waals surface area (Å²) in [7, 11) is 1.57. The van der Waals surface area contributed by atoms with Crippen LogP contribution < -0.4 is 15.4 Å². The molecule has 0 bridgehead atoms. The van der Waals surface area contributed by atoms with Crippen LogP contribution in [0.15, 0.2) is 54.7 Å². The second-order valence-electron chi connectivity index (χ2n) is 8.40. The summed E-state index contributed by atoms with van der Waals surface area (Å²) in [4.78, 5) is 16.5. The van der Waals surface area contributed by atoms with E-state index in [1.165, 1.54) is 0 Å². The van der Waals surface area contributed by atoms with Gasteiger partial charge in [-0.1, -0.05) is 6.07 Å². The van der Waals surface area contributed by atoms with Gasteiger partial charge < -0.3 is 15.4 Å². The summed E-state index contributed by atoms with van der Waals surface area (Å²) in [6, 6.07) is 8.64. The molecule has 198 valence electrons. The van der Waals surface area contributed by atoms with E-state index in [2.05, 4.69) is 15.6 Å². The Kier molecular flexibility index (Phi) is 8.67. The largest absolute Gasteiger partial charge is 0.497 e. The van der Waals surface area contributed by atoms with Crippen molar-refractivity contribution in [2.45, 2.75) is 38.2 Å². The molecule has 1 unspecified atom stereocenters. The lowest BCUT2D eigenvalue weighted by Crippen LogP contribution is -2.24. The van der Waals surface area contributed by atoms with Gasteiger partial charge in [-0.25, -0.2) is 0 Å². The molecule has 2 N–H and O–H groups in total. The van der Waals surface area contributed by atoms with E-state index in [0.29, 0.717) is 30.7 Å². The third kappa shape index (κ3) is 7.86. The molecule has 0 saturated carbocycles. The Balaban J connectivity index is 1.54. The van der Waals surface area contributed by atoms with Crippen molar-refractivity contribution in [3.05, 3.63) is 71.4 Å². The monoisotopic (exact) mass is 525 g/mol. The number of nitrogens with one attached hydrogen (secondary N) is 2. The van der Waals surface area contributed by atoms with Gasteiger partial charge in [0.2, 0.25) is 5.91 Å². The van der Waals surface area contributed by atoms with Gasteiger partial charge in [-0.05, 0) is 61.7 Å². The van der Waals surface area contributed by atoms with E-state index in [1.807, 2.05) is 31.2 Å². The molecule has 1 heterocycles. The van der Waals surface area contributed by atoms with Crippen LogP contribution in [0.4, 0.5) is 32.0 Å². The van der Waals surface area contributed by atoms with Crippen molar-refractivity contribution in [2.75, 3.05) is 19.0 Å². The van der Waals surface area contributed by atoms with Crippen molar-refractivity contribution >= 4 is 28.6 Å². The summed E-state index contributed by atoms with van der Waals surface area (Å²) < 4.78 is 83.2. The summed E-state index contributed by atoms with van der Waals surface area (Å²) in [5.41, 5.74) is -1.68. The minimum Gasteiger partial charge on any atom is -0.497 e. The molecule has 0 spiro atoms. The highest BCUT2D eigenvalue weighted by Gasteiger charge is 2.36. The summed E-state index contributed by atoms with van der Waals surface area (Å²) in [6.45, 7) is 2.23. The Morgan fingerprint density at radius 1 is 1.05 bits per heavy atom. The zero-order valence-corrected chi connectivity index (χ0v) is 20.0. The first-order valence-electron chi connectivity index (χ1n) is 11.3. The second kappa shape index (κ2) is 11.5. The maximum atomic E-state index is 13.0. The molecule has 3 aromatic rings. The van der Waals surface area contributed by atoms with Crippen molar-refractivity contribution in [1.82, 2.24) is 10.3 Å². The van der Waals surface area contributed by atoms with E-state index in [1.54, 1.807) is 13.3 Å². The van der Waals surface area contributed by atoms with Gasteiger partial charge in [-0.15, -0.1) is 0 Å². The number of pyridine rings is 1. The molecule has 0 radical (unpaired) electrons. The molecule has 5 nitrogen and oxygen atoms in total. The molecular weight excluding hydrogens is 500 g/mol. The molecule has 0 aliphatic rings. The van der Waals surface area contributed by atoms with Crippen LogP contribution in [0.3, 0.4) is 0 Å². The fourth-order valence-corrected chi connectivity index (χ4v) is 3.66. The topological polar surface area (TPSA) is 63.2 Å². The fourth-order valence-electron chi connectivity index (χ4n) is 3.66. The number of alkyl halides is 6. The lowest BCUT2D eigenvalue weighted by molar-refractivity contribution is -0.143. The quantitative estimate of drug-likeness (QED) is 0.186. The molecule has 3 rings (SSSR count). The van der Waals surface area contributed by atoms with Crippen LogP contribution in [0.2, 0.25) is 0 Å². The zero-order valence-electron chi connectivity index (χ0n) is 20.0. The number of halogens is 6. The van der Waals surface area contributed by atoms with Gasteiger partial charge in [0.05, 0.1) is 29.4 Å². The van der Waals surface area contributed by atoms with Crippen molar-refractivity contribution in [1.29, 1.82) is 0 Å². The number of aromatic nitrogens is 1. The molecule has 0 fully saturated rings. The number of fused-ring (bicyclic) bond motifs is 1. The standard InChI is InChI=1S/C26H25F6N3O2/c1-16(35-22-15-21(37-2)13-18-6-4-10-34-24(18)22)5-3-9-33-23(36)8-7-17-11-19(25(27,28)29)14-20(12-17)26(30,31)32/h4,6-8,10-16,35H,3,5,9H2,1-2H3,(H,33,36)/b8-7+. The number of carbonyl (C=O) groups is 1. The molecular formula is C26H25F6N3O2. The van der Waals surface area contributed by atoms with Crippen molar-refractivity contribution < 1.29 is 35.9 Å². The first-order chi connectivity index (χ1) is 17.4. The van der Waals surface area contributed by atoms with Crippen LogP contribution in [0.1, 0.15) is 36.5 Å². The van der Waals surface area contributed by atoms with Gasteiger partial charge in [0, 0.05) is 36.3 Å². The van der Waals surface area contributed by atoms with Crippen molar-refractivity contribution in [2.24, 2.45) is 0 Å². The number of rotatable bonds is 9. The number of ether oxygens (including phenoxy) is 1. The van der Waals surface area contributed by atoms with Crippen LogP contribution in [-0.2, 0) is 17.1 Å². The minimum absolute atomic E-state index is 0.00987. The predicted molar refractivity (Wildman–Crippen MR) is 129 cm³/mol. The van der Waals surface area contributed by atoms with Gasteiger partial charge in [0.15, 0.2) is 0 Å². The van der Waals surface area contributed by atoms with E-state index in [4.69, 9.17) is 4.74 Å². The Morgan fingerprint density at radius 3 is 2.35 bits per heavy atom. The average molecular weight is 525 g/mol. The highest BCUT2D eigenvalue weighted by Crippen LogP contribution is 2.36. The van der Waals surface area contributed by atoms with E-state index in [0.717, 1.165) is 28.7 Å². The van der Waals surface area contributed by atoms with Crippen molar-refractivity contribution in [3.8, 4) is 5.75 Å². The number of benzene rings is 2. The molecule has 2 aromatic carbocycles. The molecule has 0 aliphatic heterocycles. The maximum absolute atomic E-state index is 13.0. The highest BCUT2D eigenvalue weighted by atomic mass is 19.4. The summed E-state index contributed by atoms with van der Waals surface area (Å²) in [5, 5.41) is 6.87. The number of methoxy groups -OCH3 is 1. The van der Waals surface area contributed by atoms with E-state index < -0.39 is 29.4 Å². The normalized spacial score (nSPS) is 13.1. The highest BCUT2D eigenvalue weighted by molar-refractivity contribution is 5.92. The van der Waals surface area contributed by atoms with Gasteiger partial charge in [-0.2, -0.15) is 26.3 Å². The lowest BCUT2D eigenvalue weighted by Gasteiger charge is -2.17. The Labute approximate surface area is 209 Å². The van der Waals surface area contributed by atoms with Gasteiger partial charge in [0.1, 0.15) is 5.75 Å². The van der Waals surface area contributed by atoms with Crippen LogP contribution >= 0.6 is 0 Å². The second-order valence-corrected chi connectivity index (χ2v) is 8.40. The average Bonchev–Trinajstić information content (AvgIpc) is 2.84. The third-order valence-electron chi connectivity index (χ3n) is 5.47. The fraction of sp³-hybridized carbons (Fsp3) is 0.308. The summed E-state index contributed by atoms with van der Waals surface area (Å²) >= 11 is 0. The van der Waals surface area contributed by atoms with Gasteiger partial charge in [-0.3, -0.25) is 9.78 Å². The summed E-state index contributed by atoms with van der Waals surface area (Å²) in [5.74, 6) is 0.0481. The molecule has 0 saturated heterocycles. The lowest BCUT2D eigenvalue weighted by atomic mass is 10.0. The van der Waals surface area contributed by atoms with Crippen molar-refractivity contribution in [3.63, 3.8) is 0 Å².